The van der Waals surface area contributed by atoms with Gasteiger partial charge >= 0.3 is 0 Å². The molecular weight excluding hydrogens is 294 g/mol. The summed E-state index contributed by atoms with van der Waals surface area (Å²) in [6.45, 7) is 1.44. The molecule has 0 aromatic carbocycles. The monoisotopic (exact) mass is 309 g/mol. The van der Waals surface area contributed by atoms with E-state index in [1.54, 1.807) is 12.3 Å². The number of sulfonamides is 1. The molecule has 112 valence electrons. The average molecular weight is 309 g/mol. The minimum atomic E-state index is -3.20. The van der Waals surface area contributed by atoms with Gasteiger partial charge < -0.3 is 9.30 Å². The molecule has 2 aromatic rings. The van der Waals surface area contributed by atoms with Crippen LogP contribution >= 0.6 is 0 Å². The first kappa shape index (κ1) is 14.0. The maximum Gasteiger partial charge on any atom is 0.213 e. The average Bonchev–Trinajstić information content (AvgIpc) is 2.87. The van der Waals surface area contributed by atoms with Crippen molar-refractivity contribution in [2.45, 2.75) is 19.7 Å². The first-order chi connectivity index (χ1) is 10.0. The molecule has 2 aromatic heterocycles. The van der Waals surface area contributed by atoms with Gasteiger partial charge in [0.2, 0.25) is 15.9 Å². The van der Waals surface area contributed by atoms with Crippen LogP contribution in [0, 0.1) is 0 Å². The van der Waals surface area contributed by atoms with E-state index in [-0.39, 0.29) is 13.2 Å². The van der Waals surface area contributed by atoms with Crippen molar-refractivity contribution in [3.05, 3.63) is 36.0 Å². The van der Waals surface area contributed by atoms with Crippen LogP contribution in [0.15, 0.2) is 24.4 Å². The van der Waals surface area contributed by atoms with Gasteiger partial charge in [0.15, 0.2) is 5.82 Å². The molecule has 0 saturated heterocycles. The molecule has 9 heteroatoms. The van der Waals surface area contributed by atoms with Crippen molar-refractivity contribution >= 4 is 10.0 Å². The molecule has 0 spiro atoms. The molecule has 8 nitrogen and oxygen atoms in total. The van der Waals surface area contributed by atoms with Gasteiger partial charge in [-0.3, -0.25) is 0 Å². The highest BCUT2D eigenvalue weighted by atomic mass is 32.2. The van der Waals surface area contributed by atoms with E-state index in [4.69, 9.17) is 4.74 Å². The molecule has 1 aliphatic heterocycles. The van der Waals surface area contributed by atoms with Gasteiger partial charge in [-0.1, -0.05) is 6.07 Å². The summed E-state index contributed by atoms with van der Waals surface area (Å²) in [4.78, 5) is 4.07. The lowest BCUT2D eigenvalue weighted by Gasteiger charge is -2.25. The fourth-order valence-corrected chi connectivity index (χ4v) is 2.92. The molecule has 3 rings (SSSR count). The van der Waals surface area contributed by atoms with E-state index in [0.29, 0.717) is 30.6 Å². The van der Waals surface area contributed by atoms with Crippen molar-refractivity contribution in [2.75, 3.05) is 12.8 Å². The van der Waals surface area contributed by atoms with Crippen molar-refractivity contribution in [1.29, 1.82) is 0 Å². The lowest BCUT2D eigenvalue weighted by molar-refractivity contribution is 0.268. The van der Waals surface area contributed by atoms with Crippen LogP contribution in [0.2, 0.25) is 0 Å². The summed E-state index contributed by atoms with van der Waals surface area (Å²) in [5, 5.41) is 8.11. The largest absolute Gasteiger partial charge is 0.469 e. The van der Waals surface area contributed by atoms with Crippen LogP contribution in [0.4, 0.5) is 0 Å². The number of fused-ring (bicyclic) bond motifs is 1. The first-order valence-corrected chi connectivity index (χ1v) is 8.29. The molecule has 21 heavy (non-hydrogen) atoms. The molecule has 1 aliphatic rings. The van der Waals surface area contributed by atoms with Gasteiger partial charge in [-0.25, -0.2) is 13.4 Å². The Morgan fingerprint density at radius 2 is 2.14 bits per heavy atom. The third-order valence-electron chi connectivity index (χ3n) is 3.25. The van der Waals surface area contributed by atoms with Gasteiger partial charge in [-0.15, -0.1) is 10.2 Å². The Kier molecular flexibility index (Phi) is 3.60. The first-order valence-electron chi connectivity index (χ1n) is 6.44. The molecule has 0 aliphatic carbocycles. The molecule has 0 atom stereocenters. The number of rotatable bonds is 4. The normalized spacial score (nSPS) is 15.7. The van der Waals surface area contributed by atoms with Crippen molar-refractivity contribution < 1.29 is 13.2 Å². The minimum Gasteiger partial charge on any atom is -0.469 e. The van der Waals surface area contributed by atoms with E-state index < -0.39 is 10.0 Å². The Labute approximate surface area is 122 Å². The number of hydrogen-bond donors (Lipinski definition) is 0. The van der Waals surface area contributed by atoms with E-state index in [9.17, 15) is 8.42 Å². The fourth-order valence-electron chi connectivity index (χ4n) is 2.16. The summed E-state index contributed by atoms with van der Waals surface area (Å²) in [7, 11) is -3.20. The van der Waals surface area contributed by atoms with Crippen LogP contribution in [-0.4, -0.2) is 45.3 Å². The van der Waals surface area contributed by atoms with E-state index in [2.05, 4.69) is 15.2 Å². The van der Waals surface area contributed by atoms with E-state index >= 15 is 0 Å². The van der Waals surface area contributed by atoms with Gasteiger partial charge in [0.05, 0.1) is 12.8 Å². The van der Waals surface area contributed by atoms with Crippen LogP contribution in [0.3, 0.4) is 0 Å². The zero-order chi connectivity index (χ0) is 14.9. The third kappa shape index (κ3) is 3.03. The number of aromatic nitrogens is 4. The third-order valence-corrected chi connectivity index (χ3v) is 4.50. The summed E-state index contributed by atoms with van der Waals surface area (Å²) < 4.78 is 31.9. The molecule has 0 radical (unpaired) electrons. The number of pyridine rings is 1. The number of ether oxygens (including phenoxy) is 1. The zero-order valence-corrected chi connectivity index (χ0v) is 12.3. The molecule has 3 heterocycles. The molecule has 0 N–H and O–H groups in total. The maximum absolute atomic E-state index is 11.5. The highest BCUT2D eigenvalue weighted by molar-refractivity contribution is 7.88. The smallest absolute Gasteiger partial charge is 0.213 e. The Balaban J connectivity index is 1.72. The summed E-state index contributed by atoms with van der Waals surface area (Å²) in [6, 6.07) is 5.41. The highest BCUT2D eigenvalue weighted by Crippen LogP contribution is 2.16. The lowest BCUT2D eigenvalue weighted by Crippen LogP contribution is -2.38. The van der Waals surface area contributed by atoms with Crippen LogP contribution in [0.1, 0.15) is 11.6 Å². The fraction of sp³-hybridized carbons (Fsp3) is 0.417. The topological polar surface area (TPSA) is 90.2 Å². The molecule has 0 bridgehead atoms. The second-order valence-electron chi connectivity index (χ2n) is 4.74. The molecule has 0 fully saturated rings. The van der Waals surface area contributed by atoms with Gasteiger partial charge in [0.25, 0.3) is 0 Å². The SMILES string of the molecule is CS(=O)(=O)N1CCn2c(COc3ccccn3)nnc2C1. The van der Waals surface area contributed by atoms with Crippen LogP contribution in [-0.2, 0) is 29.7 Å². The molecule has 0 amide bonds. The standard InChI is InChI=1S/C12H15N5O3S/c1-21(18,19)16-6-7-17-10(8-16)14-15-11(17)9-20-12-4-2-3-5-13-12/h2-5H,6-9H2,1H3. The predicted octanol–water partition coefficient (Wildman–Crippen LogP) is 0.0273. The van der Waals surface area contributed by atoms with E-state index in [1.807, 2.05) is 16.7 Å². The number of hydrogen-bond acceptors (Lipinski definition) is 6. The van der Waals surface area contributed by atoms with Crippen molar-refractivity contribution in [3.63, 3.8) is 0 Å². The Bertz CT molecular complexity index is 729. The lowest BCUT2D eigenvalue weighted by atomic mass is 10.4. The molecule has 0 saturated carbocycles. The van der Waals surface area contributed by atoms with Crippen LogP contribution in [0.25, 0.3) is 0 Å². The summed E-state index contributed by atoms with van der Waals surface area (Å²) in [5.41, 5.74) is 0. The Morgan fingerprint density at radius 3 is 2.86 bits per heavy atom. The van der Waals surface area contributed by atoms with Gasteiger partial charge in [-0.05, 0) is 6.07 Å². The number of nitrogens with zero attached hydrogens (tertiary/aromatic N) is 5. The van der Waals surface area contributed by atoms with Gasteiger partial charge in [-0.2, -0.15) is 4.31 Å². The Morgan fingerprint density at radius 1 is 1.29 bits per heavy atom. The summed E-state index contributed by atoms with van der Waals surface area (Å²) in [5.74, 6) is 1.82. The predicted molar refractivity (Wildman–Crippen MR) is 73.8 cm³/mol. The molecular formula is C12H15N5O3S. The molecule has 0 unspecified atom stereocenters. The van der Waals surface area contributed by atoms with Crippen molar-refractivity contribution in [2.24, 2.45) is 0 Å². The second-order valence-corrected chi connectivity index (χ2v) is 6.72. The van der Waals surface area contributed by atoms with E-state index in [1.165, 1.54) is 10.6 Å². The minimum absolute atomic E-state index is 0.245. The summed E-state index contributed by atoms with van der Waals surface area (Å²) in [6.07, 6.45) is 2.85. The van der Waals surface area contributed by atoms with Crippen molar-refractivity contribution in [1.82, 2.24) is 24.1 Å². The van der Waals surface area contributed by atoms with Crippen LogP contribution < -0.4 is 4.74 Å². The summed E-state index contributed by atoms with van der Waals surface area (Å²) >= 11 is 0. The highest BCUT2D eigenvalue weighted by Gasteiger charge is 2.26. The second kappa shape index (κ2) is 5.41. The van der Waals surface area contributed by atoms with Crippen LogP contribution in [0.5, 0.6) is 5.88 Å². The van der Waals surface area contributed by atoms with E-state index in [0.717, 1.165) is 0 Å². The zero-order valence-electron chi connectivity index (χ0n) is 11.5. The van der Waals surface area contributed by atoms with Crippen molar-refractivity contribution in [3.8, 4) is 5.88 Å². The maximum atomic E-state index is 11.5. The van der Waals surface area contributed by atoms with Gasteiger partial charge in [0, 0.05) is 25.4 Å². The van der Waals surface area contributed by atoms with Gasteiger partial charge in [0.1, 0.15) is 12.4 Å². The quantitative estimate of drug-likeness (QED) is 0.791. The Hall–Kier alpha value is -2.00.